The predicted molar refractivity (Wildman–Crippen MR) is 94.0 cm³/mol. The van der Waals surface area contributed by atoms with Gasteiger partial charge in [-0.3, -0.25) is 4.79 Å². The van der Waals surface area contributed by atoms with E-state index in [9.17, 15) is 9.18 Å². The van der Waals surface area contributed by atoms with Crippen molar-refractivity contribution < 1.29 is 13.6 Å². The third kappa shape index (κ3) is 3.03. The number of aryl methyl sites for hydroxylation is 1. The molecule has 3 aromatic rings. The molecule has 1 atom stereocenters. The van der Waals surface area contributed by atoms with Crippen molar-refractivity contribution >= 4 is 16.9 Å². The van der Waals surface area contributed by atoms with Gasteiger partial charge in [0.1, 0.15) is 11.4 Å². The summed E-state index contributed by atoms with van der Waals surface area (Å²) in [5.74, 6) is -0.136. The van der Waals surface area contributed by atoms with Gasteiger partial charge in [-0.05, 0) is 42.8 Å². The number of hydrogen-bond acceptors (Lipinski definition) is 3. The summed E-state index contributed by atoms with van der Waals surface area (Å²) in [6, 6.07) is 13.8. The van der Waals surface area contributed by atoms with Crippen molar-refractivity contribution in [1.29, 1.82) is 0 Å². The van der Waals surface area contributed by atoms with E-state index in [-0.39, 0.29) is 17.8 Å². The summed E-state index contributed by atoms with van der Waals surface area (Å²) in [7, 11) is 0. The minimum absolute atomic E-state index is 0.162. The number of carbonyl (C=O) groups excluding carboxylic acids is 1. The highest BCUT2D eigenvalue weighted by Crippen LogP contribution is 2.27. The largest absolute Gasteiger partial charge is 0.451 e. The zero-order valence-electron chi connectivity index (χ0n) is 14.0. The van der Waals surface area contributed by atoms with Crippen LogP contribution in [0.5, 0.6) is 0 Å². The average Bonchev–Trinajstić information content (AvgIpc) is 3.04. The van der Waals surface area contributed by atoms with E-state index in [0.29, 0.717) is 31.0 Å². The second kappa shape index (κ2) is 6.33. The SMILES string of the molecule is Cc1ccc2oc(C(=O)N3CCNCC3c3cccc(F)c3)cc2c1. The van der Waals surface area contributed by atoms with Crippen molar-refractivity contribution in [2.24, 2.45) is 0 Å². The van der Waals surface area contributed by atoms with Crippen LogP contribution in [-0.4, -0.2) is 30.4 Å². The molecule has 0 radical (unpaired) electrons. The Bertz CT molecular complexity index is 934. The molecule has 0 saturated carbocycles. The summed E-state index contributed by atoms with van der Waals surface area (Å²) in [5, 5.41) is 4.19. The van der Waals surface area contributed by atoms with Gasteiger partial charge in [0.15, 0.2) is 5.76 Å². The summed E-state index contributed by atoms with van der Waals surface area (Å²) >= 11 is 0. The number of halogens is 1. The van der Waals surface area contributed by atoms with E-state index in [1.54, 1.807) is 17.0 Å². The number of furan rings is 1. The van der Waals surface area contributed by atoms with Crippen LogP contribution in [0.3, 0.4) is 0 Å². The molecule has 128 valence electrons. The van der Waals surface area contributed by atoms with Gasteiger partial charge >= 0.3 is 0 Å². The Morgan fingerprint density at radius 1 is 1.24 bits per heavy atom. The van der Waals surface area contributed by atoms with Gasteiger partial charge in [0.2, 0.25) is 0 Å². The molecule has 1 amide bonds. The van der Waals surface area contributed by atoms with Crippen LogP contribution in [0.4, 0.5) is 4.39 Å². The van der Waals surface area contributed by atoms with Crippen molar-refractivity contribution in [3.63, 3.8) is 0 Å². The Morgan fingerprint density at radius 3 is 2.96 bits per heavy atom. The lowest BCUT2D eigenvalue weighted by Crippen LogP contribution is -2.48. The molecule has 4 nitrogen and oxygen atoms in total. The summed E-state index contributed by atoms with van der Waals surface area (Å²) < 4.78 is 19.4. The molecule has 25 heavy (non-hydrogen) atoms. The zero-order chi connectivity index (χ0) is 17.4. The number of piperazine rings is 1. The van der Waals surface area contributed by atoms with Gasteiger partial charge in [-0.25, -0.2) is 4.39 Å². The Hall–Kier alpha value is -2.66. The molecule has 1 aliphatic rings. The minimum Gasteiger partial charge on any atom is -0.451 e. The molecule has 1 aromatic heterocycles. The normalized spacial score (nSPS) is 17.8. The van der Waals surface area contributed by atoms with Gasteiger partial charge in [-0.2, -0.15) is 0 Å². The Labute approximate surface area is 145 Å². The molecule has 1 fully saturated rings. The summed E-state index contributed by atoms with van der Waals surface area (Å²) in [4.78, 5) is 14.8. The molecule has 5 heteroatoms. The standard InChI is InChI=1S/C20H19FN2O2/c1-13-5-6-18-15(9-13)11-19(25-18)20(24)23-8-7-22-12-17(23)14-3-2-4-16(21)10-14/h2-6,9-11,17,22H,7-8,12H2,1H3. The molecule has 2 aromatic carbocycles. The maximum atomic E-state index is 13.6. The van der Waals surface area contributed by atoms with Crippen LogP contribution >= 0.6 is 0 Å². The zero-order valence-corrected chi connectivity index (χ0v) is 14.0. The van der Waals surface area contributed by atoms with Crippen molar-refractivity contribution in [3.8, 4) is 0 Å². The summed E-state index contributed by atoms with van der Waals surface area (Å²) in [5.41, 5.74) is 2.60. The molecular formula is C20H19FN2O2. The molecule has 0 bridgehead atoms. The molecule has 1 unspecified atom stereocenters. The number of rotatable bonds is 2. The van der Waals surface area contributed by atoms with Crippen LogP contribution in [0.25, 0.3) is 11.0 Å². The number of carbonyl (C=O) groups is 1. The number of fused-ring (bicyclic) bond motifs is 1. The number of benzene rings is 2. The monoisotopic (exact) mass is 338 g/mol. The lowest BCUT2D eigenvalue weighted by Gasteiger charge is -2.36. The fraction of sp³-hybridized carbons (Fsp3) is 0.250. The van der Waals surface area contributed by atoms with Crippen LogP contribution in [0.2, 0.25) is 0 Å². The van der Waals surface area contributed by atoms with Crippen molar-refractivity contribution in [2.75, 3.05) is 19.6 Å². The van der Waals surface area contributed by atoms with E-state index < -0.39 is 0 Å². The van der Waals surface area contributed by atoms with E-state index in [4.69, 9.17) is 4.42 Å². The summed E-state index contributed by atoms with van der Waals surface area (Å²) in [6.45, 7) is 3.85. The van der Waals surface area contributed by atoms with E-state index >= 15 is 0 Å². The molecule has 4 rings (SSSR count). The lowest BCUT2D eigenvalue weighted by molar-refractivity contribution is 0.0603. The van der Waals surface area contributed by atoms with Crippen LogP contribution < -0.4 is 5.32 Å². The number of nitrogens with zero attached hydrogens (tertiary/aromatic N) is 1. The maximum absolute atomic E-state index is 13.6. The first-order valence-corrected chi connectivity index (χ1v) is 8.39. The van der Waals surface area contributed by atoms with E-state index in [1.165, 1.54) is 12.1 Å². The maximum Gasteiger partial charge on any atom is 0.290 e. The second-order valence-corrected chi connectivity index (χ2v) is 6.43. The number of nitrogens with one attached hydrogen (secondary N) is 1. The summed E-state index contributed by atoms with van der Waals surface area (Å²) in [6.07, 6.45) is 0. The molecule has 1 N–H and O–H groups in total. The van der Waals surface area contributed by atoms with Crippen LogP contribution in [-0.2, 0) is 0 Å². The molecular weight excluding hydrogens is 319 g/mol. The first-order valence-electron chi connectivity index (χ1n) is 8.39. The Morgan fingerprint density at radius 2 is 2.12 bits per heavy atom. The first-order chi connectivity index (χ1) is 12.1. The Balaban J connectivity index is 1.68. The second-order valence-electron chi connectivity index (χ2n) is 6.43. The topological polar surface area (TPSA) is 45.5 Å². The highest BCUT2D eigenvalue weighted by molar-refractivity contribution is 5.96. The molecule has 1 aliphatic heterocycles. The van der Waals surface area contributed by atoms with Gasteiger partial charge in [-0.1, -0.05) is 23.8 Å². The molecule has 2 heterocycles. The highest BCUT2D eigenvalue weighted by atomic mass is 19.1. The van der Waals surface area contributed by atoms with E-state index in [0.717, 1.165) is 16.5 Å². The fourth-order valence-electron chi connectivity index (χ4n) is 3.37. The number of hydrogen-bond donors (Lipinski definition) is 1. The molecule has 0 spiro atoms. The fourth-order valence-corrected chi connectivity index (χ4v) is 3.37. The van der Waals surface area contributed by atoms with Crippen molar-refractivity contribution in [2.45, 2.75) is 13.0 Å². The highest BCUT2D eigenvalue weighted by Gasteiger charge is 2.30. The van der Waals surface area contributed by atoms with Crippen LogP contribution in [0, 0.1) is 12.7 Å². The first kappa shape index (κ1) is 15.8. The molecule has 0 aliphatic carbocycles. The number of amides is 1. The van der Waals surface area contributed by atoms with Gasteiger partial charge in [0.05, 0.1) is 6.04 Å². The minimum atomic E-state index is -0.297. The third-order valence-electron chi connectivity index (χ3n) is 4.62. The van der Waals surface area contributed by atoms with Crippen molar-refractivity contribution in [1.82, 2.24) is 10.2 Å². The van der Waals surface area contributed by atoms with E-state index in [2.05, 4.69) is 5.32 Å². The van der Waals surface area contributed by atoms with E-state index in [1.807, 2.05) is 31.2 Å². The van der Waals surface area contributed by atoms with Crippen LogP contribution in [0.15, 0.2) is 52.9 Å². The van der Waals surface area contributed by atoms with Gasteiger partial charge in [0, 0.05) is 25.0 Å². The van der Waals surface area contributed by atoms with Gasteiger partial charge < -0.3 is 14.6 Å². The van der Waals surface area contributed by atoms with Gasteiger partial charge in [-0.15, -0.1) is 0 Å². The van der Waals surface area contributed by atoms with Crippen molar-refractivity contribution in [3.05, 3.63) is 71.2 Å². The molecule has 1 saturated heterocycles. The third-order valence-corrected chi connectivity index (χ3v) is 4.62. The van der Waals surface area contributed by atoms with Crippen LogP contribution in [0.1, 0.15) is 27.7 Å². The lowest BCUT2D eigenvalue weighted by atomic mass is 10.0. The Kier molecular flexibility index (Phi) is 4.01. The predicted octanol–water partition coefficient (Wildman–Crippen LogP) is 3.67. The quantitative estimate of drug-likeness (QED) is 0.775. The average molecular weight is 338 g/mol. The van der Waals surface area contributed by atoms with Gasteiger partial charge in [0.25, 0.3) is 5.91 Å². The smallest absolute Gasteiger partial charge is 0.290 e.